The summed E-state index contributed by atoms with van der Waals surface area (Å²) in [6.07, 6.45) is 1.23. The van der Waals surface area contributed by atoms with E-state index in [0.717, 1.165) is 5.56 Å². The molecule has 0 aliphatic heterocycles. The van der Waals surface area contributed by atoms with Crippen LogP contribution in [0.4, 0.5) is 5.69 Å². The lowest BCUT2D eigenvalue weighted by Gasteiger charge is -1.99. The average molecular weight is 404 g/mol. The Morgan fingerprint density at radius 3 is 2.63 bits per heavy atom. The van der Waals surface area contributed by atoms with Gasteiger partial charge < -0.3 is 0 Å². The molecule has 2 aromatic carbocycles. The van der Waals surface area contributed by atoms with Crippen LogP contribution in [0.1, 0.15) is 16.1 Å². The standard InChI is InChI=1S/C17H11Cl2N5O3/c18-12-3-1-10(2-4-12)15-8-16(22-21-15)17(25)23-20-9-11-7-13(24(26)27)5-6-14(11)19/h1-9H,(H,21,22)(H,23,25)/b20-9+. The Kier molecular flexibility index (Phi) is 5.49. The van der Waals surface area contributed by atoms with Crippen molar-refractivity contribution >= 4 is 41.0 Å². The highest BCUT2D eigenvalue weighted by molar-refractivity contribution is 6.33. The minimum Gasteiger partial charge on any atom is -0.272 e. The van der Waals surface area contributed by atoms with Crippen LogP contribution < -0.4 is 5.43 Å². The molecule has 0 bridgehead atoms. The molecule has 8 nitrogen and oxygen atoms in total. The number of hydrogen-bond acceptors (Lipinski definition) is 5. The van der Waals surface area contributed by atoms with Gasteiger partial charge in [0.2, 0.25) is 0 Å². The summed E-state index contributed by atoms with van der Waals surface area (Å²) in [5.41, 5.74) is 4.04. The molecule has 3 rings (SSSR count). The second-order valence-corrected chi connectivity index (χ2v) is 6.18. The molecule has 136 valence electrons. The van der Waals surface area contributed by atoms with E-state index in [9.17, 15) is 14.9 Å². The van der Waals surface area contributed by atoms with Crippen LogP contribution in [-0.2, 0) is 0 Å². The highest BCUT2D eigenvalue weighted by atomic mass is 35.5. The molecule has 0 unspecified atom stereocenters. The van der Waals surface area contributed by atoms with Crippen LogP contribution in [0.15, 0.2) is 53.6 Å². The topological polar surface area (TPSA) is 113 Å². The number of nitrogens with zero attached hydrogens (tertiary/aromatic N) is 3. The fraction of sp³-hybridized carbons (Fsp3) is 0. The molecule has 10 heteroatoms. The zero-order valence-electron chi connectivity index (χ0n) is 13.5. The molecule has 1 aromatic heterocycles. The van der Waals surface area contributed by atoms with Crippen LogP contribution in [0.25, 0.3) is 11.3 Å². The van der Waals surface area contributed by atoms with E-state index in [0.29, 0.717) is 16.3 Å². The molecule has 0 aliphatic rings. The predicted octanol–water partition coefficient (Wildman–Crippen LogP) is 4.06. The van der Waals surface area contributed by atoms with Gasteiger partial charge in [-0.3, -0.25) is 20.0 Å². The number of non-ortho nitro benzene ring substituents is 1. The lowest BCUT2D eigenvalue weighted by molar-refractivity contribution is -0.384. The van der Waals surface area contributed by atoms with Crippen molar-refractivity contribution in [3.8, 4) is 11.3 Å². The summed E-state index contributed by atoms with van der Waals surface area (Å²) in [5, 5.41) is 22.1. The summed E-state index contributed by atoms with van der Waals surface area (Å²) in [4.78, 5) is 22.4. The Balaban J connectivity index is 1.70. The molecule has 0 saturated carbocycles. The molecule has 0 aliphatic carbocycles. The molecule has 3 aromatic rings. The van der Waals surface area contributed by atoms with Crippen molar-refractivity contribution in [1.29, 1.82) is 0 Å². The van der Waals surface area contributed by atoms with E-state index >= 15 is 0 Å². The molecule has 0 radical (unpaired) electrons. The van der Waals surface area contributed by atoms with Crippen molar-refractivity contribution in [3.63, 3.8) is 0 Å². The molecular weight excluding hydrogens is 393 g/mol. The van der Waals surface area contributed by atoms with Gasteiger partial charge in [0.15, 0.2) is 0 Å². The fourth-order valence-corrected chi connectivity index (χ4v) is 2.46. The van der Waals surface area contributed by atoms with Crippen LogP contribution >= 0.6 is 23.2 Å². The highest BCUT2D eigenvalue weighted by Gasteiger charge is 2.11. The molecule has 0 atom stereocenters. The molecule has 0 saturated heterocycles. The minimum atomic E-state index is -0.546. The normalized spacial score (nSPS) is 10.9. The van der Waals surface area contributed by atoms with Crippen molar-refractivity contribution in [2.75, 3.05) is 0 Å². The van der Waals surface area contributed by atoms with E-state index in [2.05, 4.69) is 20.7 Å². The van der Waals surface area contributed by atoms with Gasteiger partial charge in [0.05, 0.1) is 16.8 Å². The van der Waals surface area contributed by atoms with E-state index < -0.39 is 10.8 Å². The van der Waals surface area contributed by atoms with Gasteiger partial charge in [-0.15, -0.1) is 0 Å². The molecular formula is C17H11Cl2N5O3. The van der Waals surface area contributed by atoms with Gasteiger partial charge in [-0.1, -0.05) is 35.3 Å². The first kappa shape index (κ1) is 18.6. The first-order chi connectivity index (χ1) is 12.9. The third-order valence-electron chi connectivity index (χ3n) is 3.52. The van der Waals surface area contributed by atoms with E-state index in [1.54, 1.807) is 30.3 Å². The third-order valence-corrected chi connectivity index (χ3v) is 4.12. The number of carbonyl (C=O) groups excluding carboxylic acids is 1. The second-order valence-electron chi connectivity index (χ2n) is 5.34. The van der Waals surface area contributed by atoms with Gasteiger partial charge in [-0.2, -0.15) is 10.2 Å². The summed E-state index contributed by atoms with van der Waals surface area (Å²) in [6.45, 7) is 0. The smallest absolute Gasteiger partial charge is 0.272 e. The summed E-state index contributed by atoms with van der Waals surface area (Å²) in [7, 11) is 0. The molecule has 27 heavy (non-hydrogen) atoms. The molecule has 2 N–H and O–H groups in total. The number of amides is 1. The summed E-state index contributed by atoms with van der Waals surface area (Å²) in [6, 6.07) is 12.5. The van der Waals surface area contributed by atoms with Crippen LogP contribution in [0.2, 0.25) is 10.0 Å². The largest absolute Gasteiger partial charge is 0.289 e. The van der Waals surface area contributed by atoms with Gasteiger partial charge in [0.1, 0.15) is 5.69 Å². The Morgan fingerprint density at radius 1 is 1.19 bits per heavy atom. The maximum absolute atomic E-state index is 12.1. The monoisotopic (exact) mass is 403 g/mol. The van der Waals surface area contributed by atoms with Crippen LogP contribution in [-0.4, -0.2) is 27.2 Å². The van der Waals surface area contributed by atoms with E-state index in [4.69, 9.17) is 23.2 Å². The first-order valence-corrected chi connectivity index (χ1v) is 8.28. The van der Waals surface area contributed by atoms with Crippen LogP contribution in [0, 0.1) is 10.1 Å². The van der Waals surface area contributed by atoms with E-state index in [1.807, 2.05) is 0 Å². The maximum atomic E-state index is 12.1. The van der Waals surface area contributed by atoms with Crippen molar-refractivity contribution in [3.05, 3.63) is 79.9 Å². The van der Waals surface area contributed by atoms with Crippen LogP contribution in [0.5, 0.6) is 0 Å². The maximum Gasteiger partial charge on any atom is 0.289 e. The Bertz CT molecular complexity index is 1030. The second kappa shape index (κ2) is 7.98. The number of nitro groups is 1. The predicted molar refractivity (Wildman–Crippen MR) is 102 cm³/mol. The Labute approximate surface area is 163 Å². The van der Waals surface area contributed by atoms with Crippen molar-refractivity contribution in [1.82, 2.24) is 15.6 Å². The number of aromatic nitrogens is 2. The summed E-state index contributed by atoms with van der Waals surface area (Å²) < 4.78 is 0. The number of carbonyl (C=O) groups is 1. The SMILES string of the molecule is O=C(N/N=C/c1cc([N+](=O)[O-])ccc1Cl)c1cc(-c2ccc(Cl)cc2)n[nH]1. The number of H-pyrrole nitrogens is 1. The fourth-order valence-electron chi connectivity index (χ4n) is 2.17. The molecule has 0 spiro atoms. The number of nitro benzene ring substituents is 1. The first-order valence-electron chi connectivity index (χ1n) is 7.53. The summed E-state index contributed by atoms with van der Waals surface area (Å²) >= 11 is 11.8. The number of hydrazone groups is 1. The number of hydrogen-bond donors (Lipinski definition) is 2. The van der Waals surface area contributed by atoms with Crippen molar-refractivity contribution in [2.24, 2.45) is 5.10 Å². The number of nitrogens with one attached hydrogen (secondary N) is 2. The quantitative estimate of drug-likeness (QED) is 0.379. The zero-order valence-corrected chi connectivity index (χ0v) is 15.0. The number of rotatable bonds is 5. The minimum absolute atomic E-state index is 0.131. The van der Waals surface area contributed by atoms with Gasteiger partial charge in [-0.05, 0) is 24.3 Å². The summed E-state index contributed by atoms with van der Waals surface area (Å²) in [5.74, 6) is -0.527. The molecule has 1 heterocycles. The van der Waals surface area contributed by atoms with Gasteiger partial charge in [0.25, 0.3) is 11.6 Å². The lowest BCUT2D eigenvalue weighted by Crippen LogP contribution is -2.18. The highest BCUT2D eigenvalue weighted by Crippen LogP contribution is 2.21. The van der Waals surface area contributed by atoms with Gasteiger partial charge >= 0.3 is 0 Å². The van der Waals surface area contributed by atoms with Gasteiger partial charge in [-0.25, -0.2) is 5.43 Å². The van der Waals surface area contributed by atoms with E-state index in [-0.39, 0.29) is 16.4 Å². The van der Waals surface area contributed by atoms with Crippen LogP contribution in [0.3, 0.4) is 0 Å². The lowest BCUT2D eigenvalue weighted by atomic mass is 10.1. The van der Waals surface area contributed by atoms with Gasteiger partial charge in [0, 0.05) is 33.3 Å². The average Bonchev–Trinajstić information content (AvgIpc) is 3.14. The molecule has 1 amide bonds. The zero-order chi connectivity index (χ0) is 19.4. The van der Waals surface area contributed by atoms with E-state index in [1.165, 1.54) is 24.4 Å². The third kappa shape index (κ3) is 4.49. The van der Waals surface area contributed by atoms with Crippen molar-refractivity contribution in [2.45, 2.75) is 0 Å². The Hall–Kier alpha value is -3.23. The number of halogens is 2. The Morgan fingerprint density at radius 2 is 1.93 bits per heavy atom. The van der Waals surface area contributed by atoms with Crippen molar-refractivity contribution < 1.29 is 9.72 Å². The molecule has 0 fully saturated rings. The number of aromatic amines is 1. The number of benzene rings is 2.